The van der Waals surface area contributed by atoms with Gasteiger partial charge in [-0.1, -0.05) is 54.1 Å². The van der Waals surface area contributed by atoms with Crippen molar-refractivity contribution < 1.29 is 4.74 Å². The summed E-state index contributed by atoms with van der Waals surface area (Å²) in [6.07, 6.45) is 0. The van der Waals surface area contributed by atoms with Crippen molar-refractivity contribution in [1.29, 1.82) is 0 Å². The third-order valence-electron chi connectivity index (χ3n) is 3.90. The van der Waals surface area contributed by atoms with E-state index in [0.717, 1.165) is 11.5 Å². The summed E-state index contributed by atoms with van der Waals surface area (Å²) in [5.41, 5.74) is 3.77. The normalized spacial score (nSPS) is 13.1. The Labute approximate surface area is 135 Å². The lowest BCUT2D eigenvalue weighted by Gasteiger charge is -2.27. The van der Waals surface area contributed by atoms with Gasteiger partial charge in [-0.05, 0) is 31.2 Å². The number of aryl methyl sites for hydroxylation is 1. The molecule has 3 aromatic carbocycles. The van der Waals surface area contributed by atoms with Crippen LogP contribution in [0.25, 0.3) is 0 Å². The van der Waals surface area contributed by atoms with Gasteiger partial charge in [0, 0.05) is 16.0 Å². The molecule has 0 N–H and O–H groups in total. The molecule has 0 saturated carbocycles. The van der Waals surface area contributed by atoms with Crippen molar-refractivity contribution in [3.8, 4) is 11.5 Å². The molecule has 0 amide bonds. The summed E-state index contributed by atoms with van der Waals surface area (Å²) in [6, 6.07) is 25.4. The van der Waals surface area contributed by atoms with E-state index in [4.69, 9.17) is 4.74 Å². The Balaban J connectivity index is 1.79. The van der Waals surface area contributed by atoms with E-state index in [1.165, 1.54) is 21.6 Å². The molecule has 0 atom stereocenters. The molecule has 0 saturated heterocycles. The fourth-order valence-electron chi connectivity index (χ4n) is 2.75. The van der Waals surface area contributed by atoms with Crippen LogP contribution in [0.15, 0.2) is 77.7 Å². The van der Waals surface area contributed by atoms with Crippen LogP contribution < -0.4 is 4.74 Å². The molecule has 0 spiro atoms. The van der Waals surface area contributed by atoms with Gasteiger partial charge in [0.1, 0.15) is 11.5 Å². The maximum Gasteiger partial charge on any atom is 0.132 e. The second kappa shape index (κ2) is 5.54. The highest BCUT2D eigenvalue weighted by atomic mass is 32.2. The Hall–Kier alpha value is -2.19. The second-order valence-corrected chi connectivity index (χ2v) is 6.67. The molecule has 1 nitrogen and oxygen atoms in total. The monoisotopic (exact) mass is 304 g/mol. The number of hydrogen-bond acceptors (Lipinski definition) is 2. The zero-order valence-electron chi connectivity index (χ0n) is 12.3. The van der Waals surface area contributed by atoms with E-state index in [-0.39, 0.29) is 5.25 Å². The highest BCUT2D eigenvalue weighted by Crippen LogP contribution is 2.51. The first kappa shape index (κ1) is 13.5. The average molecular weight is 304 g/mol. The van der Waals surface area contributed by atoms with Gasteiger partial charge < -0.3 is 4.74 Å². The molecule has 1 heterocycles. The summed E-state index contributed by atoms with van der Waals surface area (Å²) < 4.78 is 6.05. The average Bonchev–Trinajstić information content (AvgIpc) is 2.56. The van der Waals surface area contributed by atoms with Crippen molar-refractivity contribution in [2.75, 3.05) is 0 Å². The van der Waals surface area contributed by atoms with Gasteiger partial charge in [0.15, 0.2) is 0 Å². The second-order valence-electron chi connectivity index (χ2n) is 5.49. The van der Waals surface area contributed by atoms with Crippen LogP contribution in [-0.4, -0.2) is 0 Å². The SMILES string of the molecule is Cc1ccc(SC2c3ccccc3Oc3ccccc32)cc1. The molecule has 2 heteroatoms. The van der Waals surface area contributed by atoms with E-state index in [2.05, 4.69) is 55.5 Å². The van der Waals surface area contributed by atoms with Crippen molar-refractivity contribution in [1.82, 2.24) is 0 Å². The predicted molar refractivity (Wildman–Crippen MR) is 91.8 cm³/mol. The molecule has 0 aromatic heterocycles. The fourth-order valence-corrected chi connectivity index (χ4v) is 3.95. The summed E-state index contributed by atoms with van der Waals surface area (Å²) in [5.74, 6) is 1.93. The number of benzene rings is 3. The lowest BCUT2D eigenvalue weighted by molar-refractivity contribution is 0.459. The molecular weight excluding hydrogens is 288 g/mol. The lowest BCUT2D eigenvalue weighted by Crippen LogP contribution is -2.07. The standard InChI is InChI=1S/C20H16OS/c1-14-10-12-15(13-11-14)22-20-16-6-2-4-8-18(16)21-19-9-5-3-7-17(19)20/h2-13,20H,1H3. The van der Waals surface area contributed by atoms with Gasteiger partial charge in [0.25, 0.3) is 0 Å². The van der Waals surface area contributed by atoms with Gasteiger partial charge >= 0.3 is 0 Å². The van der Waals surface area contributed by atoms with Crippen molar-refractivity contribution in [3.63, 3.8) is 0 Å². The molecule has 0 aliphatic carbocycles. The van der Waals surface area contributed by atoms with Crippen LogP contribution in [0.1, 0.15) is 21.9 Å². The summed E-state index contributed by atoms with van der Waals surface area (Å²) >= 11 is 1.88. The van der Waals surface area contributed by atoms with E-state index < -0.39 is 0 Å². The van der Waals surface area contributed by atoms with E-state index in [1.807, 2.05) is 36.0 Å². The zero-order valence-corrected chi connectivity index (χ0v) is 13.1. The van der Waals surface area contributed by atoms with Gasteiger partial charge in [-0.15, -0.1) is 11.8 Å². The van der Waals surface area contributed by atoms with Crippen LogP contribution in [0.4, 0.5) is 0 Å². The zero-order chi connectivity index (χ0) is 14.9. The number of fused-ring (bicyclic) bond motifs is 2. The molecule has 0 fully saturated rings. The van der Waals surface area contributed by atoms with Gasteiger partial charge in [0.2, 0.25) is 0 Å². The molecule has 3 aromatic rings. The lowest BCUT2D eigenvalue weighted by atomic mass is 10.00. The van der Waals surface area contributed by atoms with Crippen LogP contribution in [0, 0.1) is 6.92 Å². The van der Waals surface area contributed by atoms with Crippen molar-refractivity contribution in [2.24, 2.45) is 0 Å². The number of thioether (sulfide) groups is 1. The van der Waals surface area contributed by atoms with Crippen LogP contribution >= 0.6 is 11.8 Å². The highest BCUT2D eigenvalue weighted by molar-refractivity contribution is 7.99. The number of rotatable bonds is 2. The largest absolute Gasteiger partial charge is 0.457 e. The van der Waals surface area contributed by atoms with E-state index in [0.29, 0.717) is 0 Å². The maximum atomic E-state index is 6.05. The topological polar surface area (TPSA) is 9.23 Å². The summed E-state index contributed by atoms with van der Waals surface area (Å²) in [5, 5.41) is 0.267. The number of hydrogen-bond donors (Lipinski definition) is 0. The first-order valence-electron chi connectivity index (χ1n) is 7.40. The number of ether oxygens (including phenoxy) is 1. The first-order valence-corrected chi connectivity index (χ1v) is 8.28. The molecule has 0 bridgehead atoms. The van der Waals surface area contributed by atoms with Crippen LogP contribution in [0.3, 0.4) is 0 Å². The summed E-state index contributed by atoms with van der Waals surface area (Å²) in [7, 11) is 0. The van der Waals surface area contributed by atoms with E-state index in [1.54, 1.807) is 0 Å². The third-order valence-corrected chi connectivity index (χ3v) is 5.19. The molecule has 22 heavy (non-hydrogen) atoms. The van der Waals surface area contributed by atoms with Gasteiger partial charge in [-0.25, -0.2) is 0 Å². The highest BCUT2D eigenvalue weighted by Gasteiger charge is 2.27. The Morgan fingerprint density at radius 2 is 1.27 bits per heavy atom. The minimum atomic E-state index is 0.267. The van der Waals surface area contributed by atoms with Crippen LogP contribution in [0.2, 0.25) is 0 Å². The van der Waals surface area contributed by atoms with Gasteiger partial charge in [-0.2, -0.15) is 0 Å². The molecule has 0 radical (unpaired) electrons. The predicted octanol–water partition coefficient (Wildman–Crippen LogP) is 5.98. The molecule has 4 rings (SSSR count). The van der Waals surface area contributed by atoms with Crippen molar-refractivity contribution in [3.05, 3.63) is 89.5 Å². The summed E-state index contributed by atoms with van der Waals surface area (Å²) in [4.78, 5) is 1.28. The Kier molecular flexibility index (Phi) is 3.39. The Bertz CT molecular complexity index is 762. The molecule has 1 aliphatic rings. The minimum Gasteiger partial charge on any atom is -0.457 e. The molecule has 0 unspecified atom stereocenters. The van der Waals surface area contributed by atoms with Gasteiger partial charge in [0.05, 0.1) is 5.25 Å². The molecular formula is C20H16OS. The van der Waals surface area contributed by atoms with Crippen LogP contribution in [-0.2, 0) is 0 Å². The number of para-hydroxylation sites is 2. The fraction of sp³-hybridized carbons (Fsp3) is 0.100. The van der Waals surface area contributed by atoms with Crippen LogP contribution in [0.5, 0.6) is 11.5 Å². The Morgan fingerprint density at radius 1 is 0.727 bits per heavy atom. The first-order chi connectivity index (χ1) is 10.8. The molecule has 1 aliphatic heterocycles. The van der Waals surface area contributed by atoms with E-state index in [9.17, 15) is 0 Å². The molecule has 108 valence electrons. The Morgan fingerprint density at radius 3 is 1.86 bits per heavy atom. The van der Waals surface area contributed by atoms with Gasteiger partial charge in [-0.3, -0.25) is 0 Å². The quantitative estimate of drug-likeness (QED) is 0.575. The summed E-state index contributed by atoms with van der Waals surface area (Å²) in [6.45, 7) is 2.12. The maximum absolute atomic E-state index is 6.05. The van der Waals surface area contributed by atoms with Crippen molar-refractivity contribution >= 4 is 11.8 Å². The van der Waals surface area contributed by atoms with E-state index >= 15 is 0 Å². The smallest absolute Gasteiger partial charge is 0.132 e. The van der Waals surface area contributed by atoms with Crippen molar-refractivity contribution in [2.45, 2.75) is 17.1 Å². The minimum absolute atomic E-state index is 0.267. The third kappa shape index (κ3) is 2.40.